The molecule has 6 heteroatoms. The Balaban J connectivity index is 2.52. The van der Waals surface area contributed by atoms with Crippen LogP contribution in [0.1, 0.15) is 15.9 Å². The molecule has 21 heavy (non-hydrogen) atoms. The molecule has 0 fully saturated rings. The number of carbonyl (C=O) groups is 2. The minimum Gasteiger partial charge on any atom is -0.481 e. The predicted octanol–water partition coefficient (Wildman–Crippen LogP) is 2.96. The molecule has 0 aliphatic rings. The zero-order valence-corrected chi connectivity index (χ0v) is 10.6. The van der Waals surface area contributed by atoms with Crippen molar-refractivity contribution in [2.75, 3.05) is 0 Å². The molecule has 2 aromatic carbocycles. The lowest BCUT2D eigenvalue weighted by molar-refractivity contribution is -0.136. The molecule has 2 rings (SSSR count). The van der Waals surface area contributed by atoms with Gasteiger partial charge >= 0.3 is 11.9 Å². The molecular weight excluding hydrogens is 282 g/mol. The van der Waals surface area contributed by atoms with Crippen molar-refractivity contribution in [3.63, 3.8) is 0 Å². The zero-order chi connectivity index (χ0) is 15.6. The Morgan fingerprint density at radius 3 is 2.10 bits per heavy atom. The molecule has 4 nitrogen and oxygen atoms in total. The normalized spacial score (nSPS) is 10.4. The standard InChI is InChI=1S/C15H10F2O4/c16-12-4-2-9(6-13(12)17)8-1-3-11(15(20)21)10(5-8)7-14(18)19/h1-6H,7H2,(H,18,19)(H,20,21). The number of aromatic carboxylic acids is 1. The third-order valence-corrected chi connectivity index (χ3v) is 2.93. The SMILES string of the molecule is O=C(O)Cc1cc(-c2ccc(F)c(F)c2)ccc1C(=O)O. The van der Waals surface area contributed by atoms with Crippen LogP contribution in [0.15, 0.2) is 36.4 Å². The van der Waals surface area contributed by atoms with E-state index in [1.54, 1.807) is 0 Å². The van der Waals surface area contributed by atoms with E-state index in [1.807, 2.05) is 0 Å². The van der Waals surface area contributed by atoms with Crippen LogP contribution >= 0.6 is 0 Å². The Hall–Kier alpha value is -2.76. The van der Waals surface area contributed by atoms with Crippen molar-refractivity contribution in [2.45, 2.75) is 6.42 Å². The van der Waals surface area contributed by atoms with Crippen molar-refractivity contribution >= 4 is 11.9 Å². The lowest BCUT2D eigenvalue weighted by Crippen LogP contribution is -2.08. The van der Waals surface area contributed by atoms with Crippen molar-refractivity contribution in [3.8, 4) is 11.1 Å². The zero-order valence-electron chi connectivity index (χ0n) is 10.6. The van der Waals surface area contributed by atoms with Gasteiger partial charge in [0.25, 0.3) is 0 Å². The molecule has 2 aromatic rings. The summed E-state index contributed by atoms with van der Waals surface area (Å²) in [5.41, 5.74) is 0.702. The van der Waals surface area contributed by atoms with Gasteiger partial charge in [-0.05, 0) is 41.0 Å². The summed E-state index contributed by atoms with van der Waals surface area (Å²) in [7, 11) is 0. The fourth-order valence-corrected chi connectivity index (χ4v) is 1.97. The smallest absolute Gasteiger partial charge is 0.335 e. The van der Waals surface area contributed by atoms with Crippen molar-refractivity contribution in [3.05, 3.63) is 59.2 Å². The molecule has 0 unspecified atom stereocenters. The summed E-state index contributed by atoms with van der Waals surface area (Å²) in [5, 5.41) is 17.8. The molecule has 108 valence electrons. The Kier molecular flexibility index (Phi) is 3.98. The van der Waals surface area contributed by atoms with Crippen LogP contribution in [0.5, 0.6) is 0 Å². The fourth-order valence-electron chi connectivity index (χ4n) is 1.97. The fraction of sp³-hybridized carbons (Fsp3) is 0.0667. The van der Waals surface area contributed by atoms with Gasteiger partial charge < -0.3 is 10.2 Å². The summed E-state index contributed by atoms with van der Waals surface area (Å²) in [6.07, 6.45) is -0.473. The molecule has 0 amide bonds. The number of carboxylic acid groups (broad SMARTS) is 2. The highest BCUT2D eigenvalue weighted by molar-refractivity contribution is 5.92. The second-order valence-electron chi connectivity index (χ2n) is 4.38. The van der Waals surface area contributed by atoms with Crippen LogP contribution < -0.4 is 0 Å². The molecule has 2 N–H and O–H groups in total. The second kappa shape index (κ2) is 5.70. The van der Waals surface area contributed by atoms with Gasteiger partial charge in [-0.2, -0.15) is 0 Å². The molecule has 0 atom stereocenters. The molecule has 0 aliphatic carbocycles. The van der Waals surface area contributed by atoms with Crippen LogP contribution in [0.25, 0.3) is 11.1 Å². The first-order chi connectivity index (χ1) is 9.88. The average Bonchev–Trinajstić information content (AvgIpc) is 2.40. The monoisotopic (exact) mass is 292 g/mol. The molecule has 0 saturated carbocycles. The van der Waals surface area contributed by atoms with Crippen LogP contribution in [0, 0.1) is 11.6 Å². The van der Waals surface area contributed by atoms with Crippen LogP contribution in [0.4, 0.5) is 8.78 Å². The third-order valence-electron chi connectivity index (χ3n) is 2.93. The lowest BCUT2D eigenvalue weighted by atomic mass is 9.97. The highest BCUT2D eigenvalue weighted by Gasteiger charge is 2.14. The van der Waals surface area contributed by atoms with E-state index in [1.165, 1.54) is 24.3 Å². The number of benzene rings is 2. The van der Waals surface area contributed by atoms with Crippen molar-refractivity contribution in [1.82, 2.24) is 0 Å². The molecule has 0 saturated heterocycles. The van der Waals surface area contributed by atoms with E-state index in [2.05, 4.69) is 0 Å². The number of aliphatic carboxylic acids is 1. The van der Waals surface area contributed by atoms with E-state index >= 15 is 0 Å². The molecule has 0 radical (unpaired) electrons. The Morgan fingerprint density at radius 2 is 1.52 bits per heavy atom. The number of halogens is 2. The van der Waals surface area contributed by atoms with Gasteiger partial charge in [0.1, 0.15) is 0 Å². The number of hydrogen-bond acceptors (Lipinski definition) is 2. The minimum atomic E-state index is -1.25. The average molecular weight is 292 g/mol. The molecule has 0 spiro atoms. The van der Waals surface area contributed by atoms with E-state index in [0.29, 0.717) is 11.1 Å². The van der Waals surface area contributed by atoms with E-state index in [4.69, 9.17) is 10.2 Å². The highest BCUT2D eigenvalue weighted by Crippen LogP contribution is 2.25. The van der Waals surface area contributed by atoms with Gasteiger partial charge in [-0.3, -0.25) is 4.79 Å². The maximum absolute atomic E-state index is 13.2. The summed E-state index contributed by atoms with van der Waals surface area (Å²) in [6.45, 7) is 0. The van der Waals surface area contributed by atoms with Crippen LogP contribution in [-0.2, 0) is 11.2 Å². The summed E-state index contributed by atoms with van der Waals surface area (Å²) >= 11 is 0. The van der Waals surface area contributed by atoms with Gasteiger partial charge in [0.15, 0.2) is 11.6 Å². The quantitative estimate of drug-likeness (QED) is 0.908. The van der Waals surface area contributed by atoms with Gasteiger partial charge in [-0.25, -0.2) is 13.6 Å². The van der Waals surface area contributed by atoms with Crippen LogP contribution in [0.3, 0.4) is 0 Å². The van der Waals surface area contributed by atoms with Gasteiger partial charge in [0, 0.05) is 0 Å². The molecule has 0 bridgehead atoms. The second-order valence-corrected chi connectivity index (χ2v) is 4.38. The maximum Gasteiger partial charge on any atom is 0.335 e. The summed E-state index contributed by atoms with van der Waals surface area (Å²) < 4.78 is 26.1. The molecule has 0 aliphatic heterocycles. The van der Waals surface area contributed by atoms with E-state index in [0.717, 1.165) is 12.1 Å². The van der Waals surface area contributed by atoms with Crippen LogP contribution in [0.2, 0.25) is 0 Å². The summed E-state index contributed by atoms with van der Waals surface area (Å²) in [5.74, 6) is -4.45. The Labute approximate surface area is 118 Å². The minimum absolute atomic E-state index is 0.0947. The van der Waals surface area contributed by atoms with E-state index in [-0.39, 0.29) is 11.1 Å². The number of carboxylic acids is 2. The highest BCUT2D eigenvalue weighted by atomic mass is 19.2. The van der Waals surface area contributed by atoms with Gasteiger partial charge in [0.05, 0.1) is 12.0 Å². The Morgan fingerprint density at radius 1 is 0.905 bits per heavy atom. The van der Waals surface area contributed by atoms with Gasteiger partial charge in [0.2, 0.25) is 0 Å². The van der Waals surface area contributed by atoms with E-state index < -0.39 is 30.0 Å². The molecule has 0 aromatic heterocycles. The first-order valence-corrected chi connectivity index (χ1v) is 5.92. The predicted molar refractivity (Wildman–Crippen MR) is 70.1 cm³/mol. The van der Waals surface area contributed by atoms with Gasteiger partial charge in [-0.1, -0.05) is 12.1 Å². The summed E-state index contributed by atoms with van der Waals surface area (Å²) in [4.78, 5) is 21.8. The first kappa shape index (κ1) is 14.6. The van der Waals surface area contributed by atoms with Crippen molar-refractivity contribution in [1.29, 1.82) is 0 Å². The molecular formula is C15H10F2O4. The number of hydrogen-bond donors (Lipinski definition) is 2. The van der Waals surface area contributed by atoms with Gasteiger partial charge in [-0.15, -0.1) is 0 Å². The van der Waals surface area contributed by atoms with Crippen LogP contribution in [-0.4, -0.2) is 22.2 Å². The number of rotatable bonds is 4. The van der Waals surface area contributed by atoms with Crippen molar-refractivity contribution in [2.24, 2.45) is 0 Å². The first-order valence-electron chi connectivity index (χ1n) is 5.92. The third kappa shape index (κ3) is 3.22. The van der Waals surface area contributed by atoms with E-state index in [9.17, 15) is 18.4 Å². The topological polar surface area (TPSA) is 74.6 Å². The Bertz CT molecular complexity index is 726. The lowest BCUT2D eigenvalue weighted by Gasteiger charge is -2.08. The largest absolute Gasteiger partial charge is 0.481 e. The maximum atomic E-state index is 13.2. The molecule has 0 heterocycles. The van der Waals surface area contributed by atoms with Crippen molar-refractivity contribution < 1.29 is 28.6 Å². The summed E-state index contributed by atoms with van der Waals surface area (Å²) in [6, 6.07) is 7.27.